The average Bonchev–Trinajstić information content (AvgIpc) is 3.35. The quantitative estimate of drug-likeness (QED) is 0.630. The van der Waals surface area contributed by atoms with Gasteiger partial charge in [0, 0.05) is 62.3 Å². The number of halogens is 3. The Morgan fingerprint density at radius 3 is 2.44 bits per heavy atom. The molecule has 1 aromatic carbocycles. The van der Waals surface area contributed by atoms with Crippen LogP contribution in [0, 0.1) is 0 Å². The van der Waals surface area contributed by atoms with Gasteiger partial charge in [-0.1, -0.05) is 0 Å². The van der Waals surface area contributed by atoms with Crippen LogP contribution < -0.4 is 4.90 Å². The molecule has 0 aliphatic carbocycles. The van der Waals surface area contributed by atoms with Gasteiger partial charge in [0.1, 0.15) is 12.0 Å². The number of likely N-dealkylation sites (tertiary alicyclic amines) is 1. The molecule has 0 unspecified atom stereocenters. The second-order valence-corrected chi connectivity index (χ2v) is 8.98. The summed E-state index contributed by atoms with van der Waals surface area (Å²) < 4.78 is 38.4. The van der Waals surface area contributed by atoms with E-state index in [4.69, 9.17) is 0 Å². The van der Waals surface area contributed by atoms with E-state index in [1.54, 1.807) is 11.2 Å². The molecule has 1 amide bonds. The molecule has 0 atom stereocenters. The standard InChI is InChI=1S/C23H26F3N7O/c1-31-8-10-32(11-9-31)16-2-3-17-18(12-16)27-14-28-21(17)15-4-6-33(7-5-15)22(34)19-13-20(30-29-19)23(24,25)26/h2-3,12-15H,4-11H2,1H3,(H,29,30). The predicted molar refractivity (Wildman–Crippen MR) is 121 cm³/mol. The van der Waals surface area contributed by atoms with Crippen LogP contribution in [0.4, 0.5) is 18.9 Å². The number of amides is 1. The van der Waals surface area contributed by atoms with E-state index in [-0.39, 0.29) is 11.6 Å². The Balaban J connectivity index is 1.28. The number of carbonyl (C=O) groups excluding carboxylic acids is 1. The zero-order valence-corrected chi connectivity index (χ0v) is 18.8. The van der Waals surface area contributed by atoms with Crippen LogP contribution >= 0.6 is 0 Å². The zero-order valence-electron chi connectivity index (χ0n) is 18.8. The van der Waals surface area contributed by atoms with E-state index >= 15 is 0 Å². The van der Waals surface area contributed by atoms with Gasteiger partial charge in [0.25, 0.3) is 5.91 Å². The maximum absolute atomic E-state index is 12.8. The summed E-state index contributed by atoms with van der Waals surface area (Å²) in [4.78, 5) is 27.9. The highest BCUT2D eigenvalue weighted by atomic mass is 19.4. The number of aromatic nitrogens is 4. The van der Waals surface area contributed by atoms with Crippen LogP contribution in [0.3, 0.4) is 0 Å². The second-order valence-electron chi connectivity index (χ2n) is 8.98. The monoisotopic (exact) mass is 473 g/mol. The minimum atomic E-state index is -4.56. The Labute approximate surface area is 194 Å². The highest BCUT2D eigenvalue weighted by molar-refractivity contribution is 5.92. The molecule has 8 nitrogen and oxygen atoms in total. The van der Waals surface area contributed by atoms with Gasteiger partial charge in [-0.15, -0.1) is 0 Å². The van der Waals surface area contributed by atoms with Gasteiger partial charge in [0.15, 0.2) is 5.69 Å². The number of piperidine rings is 1. The Morgan fingerprint density at radius 2 is 1.76 bits per heavy atom. The number of nitrogens with zero attached hydrogens (tertiary/aromatic N) is 6. The molecule has 2 fully saturated rings. The topological polar surface area (TPSA) is 81.2 Å². The van der Waals surface area contributed by atoms with E-state index in [1.165, 1.54) is 0 Å². The van der Waals surface area contributed by atoms with Crippen LogP contribution in [0.5, 0.6) is 0 Å². The third-order valence-corrected chi connectivity index (χ3v) is 6.79. The molecule has 4 heterocycles. The first-order chi connectivity index (χ1) is 16.3. The van der Waals surface area contributed by atoms with Gasteiger partial charge in [-0.3, -0.25) is 9.89 Å². The zero-order chi connectivity index (χ0) is 23.9. The number of nitrogens with one attached hydrogen (secondary N) is 1. The molecule has 180 valence electrons. The summed E-state index contributed by atoms with van der Waals surface area (Å²) in [5.41, 5.74) is 1.78. The fourth-order valence-electron chi connectivity index (χ4n) is 4.75. The summed E-state index contributed by atoms with van der Waals surface area (Å²) in [6, 6.07) is 7.08. The fourth-order valence-corrected chi connectivity index (χ4v) is 4.75. The Bertz CT molecular complexity index is 1180. The molecule has 2 aromatic heterocycles. The summed E-state index contributed by atoms with van der Waals surface area (Å²) >= 11 is 0. The lowest BCUT2D eigenvalue weighted by molar-refractivity contribution is -0.141. The molecule has 1 N–H and O–H groups in total. The van der Waals surface area contributed by atoms with Crippen molar-refractivity contribution >= 4 is 22.5 Å². The number of hydrogen-bond donors (Lipinski definition) is 1. The fraction of sp³-hybridized carbons (Fsp3) is 0.478. The molecule has 11 heteroatoms. The van der Waals surface area contributed by atoms with Crippen LogP contribution in [0.25, 0.3) is 10.9 Å². The van der Waals surface area contributed by atoms with E-state index in [2.05, 4.69) is 50.1 Å². The van der Waals surface area contributed by atoms with Crippen molar-refractivity contribution in [2.45, 2.75) is 24.9 Å². The molecule has 5 rings (SSSR count). The maximum atomic E-state index is 12.8. The number of piperazine rings is 1. The molecule has 2 aliphatic rings. The van der Waals surface area contributed by atoms with Crippen molar-refractivity contribution < 1.29 is 18.0 Å². The number of hydrogen-bond acceptors (Lipinski definition) is 6. The predicted octanol–water partition coefficient (Wildman–Crippen LogP) is 3.14. The van der Waals surface area contributed by atoms with E-state index in [9.17, 15) is 18.0 Å². The first-order valence-electron chi connectivity index (χ1n) is 11.4. The molecule has 34 heavy (non-hydrogen) atoms. The SMILES string of the molecule is CN1CCN(c2ccc3c(C4CCN(C(=O)c5cc(C(F)(F)F)[nH]n5)CC4)ncnc3c2)CC1. The number of alkyl halides is 3. The van der Waals surface area contributed by atoms with E-state index in [0.29, 0.717) is 25.9 Å². The first-order valence-corrected chi connectivity index (χ1v) is 11.4. The van der Waals surface area contributed by atoms with Gasteiger partial charge < -0.3 is 14.7 Å². The molecule has 0 spiro atoms. The van der Waals surface area contributed by atoms with Gasteiger partial charge in [0.05, 0.1) is 11.2 Å². The Morgan fingerprint density at radius 1 is 1.03 bits per heavy atom. The summed E-state index contributed by atoms with van der Waals surface area (Å²) in [6.07, 6.45) is -1.62. The van der Waals surface area contributed by atoms with Crippen molar-refractivity contribution in [2.24, 2.45) is 0 Å². The molecule has 0 bridgehead atoms. The third kappa shape index (κ3) is 4.44. The van der Waals surface area contributed by atoms with E-state index in [1.807, 2.05) is 5.10 Å². The van der Waals surface area contributed by atoms with Crippen LogP contribution in [-0.2, 0) is 6.18 Å². The number of rotatable bonds is 3. The van der Waals surface area contributed by atoms with E-state index < -0.39 is 17.8 Å². The first kappa shape index (κ1) is 22.6. The number of H-pyrrole nitrogens is 1. The lowest BCUT2D eigenvalue weighted by Crippen LogP contribution is -2.44. The lowest BCUT2D eigenvalue weighted by Gasteiger charge is -2.34. The number of anilines is 1. The number of fused-ring (bicyclic) bond motifs is 1. The molecule has 2 aliphatic heterocycles. The van der Waals surface area contributed by atoms with E-state index in [0.717, 1.165) is 54.5 Å². The molecular weight excluding hydrogens is 447 g/mol. The number of aromatic amines is 1. The summed E-state index contributed by atoms with van der Waals surface area (Å²) in [7, 11) is 2.13. The minimum Gasteiger partial charge on any atom is -0.369 e. The molecule has 2 saturated heterocycles. The van der Waals surface area contributed by atoms with Crippen LogP contribution in [0.1, 0.15) is 40.6 Å². The second kappa shape index (κ2) is 8.86. The van der Waals surface area contributed by atoms with Crippen LogP contribution in [0.2, 0.25) is 0 Å². The minimum absolute atomic E-state index is 0.147. The number of carbonyl (C=O) groups is 1. The molecule has 0 saturated carbocycles. The average molecular weight is 474 g/mol. The van der Waals surface area contributed by atoms with Crippen molar-refractivity contribution in [3.05, 3.63) is 47.7 Å². The van der Waals surface area contributed by atoms with Crippen molar-refractivity contribution in [1.29, 1.82) is 0 Å². The van der Waals surface area contributed by atoms with Crippen molar-refractivity contribution in [2.75, 3.05) is 51.2 Å². The number of likely N-dealkylation sites (N-methyl/N-ethyl adjacent to an activating group) is 1. The van der Waals surface area contributed by atoms with Crippen LogP contribution in [0.15, 0.2) is 30.6 Å². The van der Waals surface area contributed by atoms with Crippen molar-refractivity contribution in [1.82, 2.24) is 30.0 Å². The van der Waals surface area contributed by atoms with Gasteiger partial charge in [-0.2, -0.15) is 18.3 Å². The van der Waals surface area contributed by atoms with Gasteiger partial charge in [0.2, 0.25) is 0 Å². The molecule has 0 radical (unpaired) electrons. The van der Waals surface area contributed by atoms with Gasteiger partial charge in [-0.25, -0.2) is 9.97 Å². The van der Waals surface area contributed by atoms with Gasteiger partial charge >= 0.3 is 6.18 Å². The third-order valence-electron chi connectivity index (χ3n) is 6.79. The highest BCUT2D eigenvalue weighted by Crippen LogP contribution is 2.33. The maximum Gasteiger partial charge on any atom is 0.432 e. The normalized spacial score (nSPS) is 18.6. The molecular formula is C23H26F3N7O. The summed E-state index contributed by atoms with van der Waals surface area (Å²) in [5.74, 6) is -0.344. The Hall–Kier alpha value is -3.21. The largest absolute Gasteiger partial charge is 0.432 e. The number of benzene rings is 1. The molecule has 3 aromatic rings. The van der Waals surface area contributed by atoms with Crippen molar-refractivity contribution in [3.8, 4) is 0 Å². The van der Waals surface area contributed by atoms with Crippen molar-refractivity contribution in [3.63, 3.8) is 0 Å². The summed E-state index contributed by atoms with van der Waals surface area (Å²) in [5, 5.41) is 6.48. The Kier molecular flexibility index (Phi) is 5.88. The summed E-state index contributed by atoms with van der Waals surface area (Å²) in [6.45, 7) is 4.88. The van der Waals surface area contributed by atoms with Crippen LogP contribution in [-0.4, -0.2) is 82.2 Å². The smallest absolute Gasteiger partial charge is 0.369 e. The highest BCUT2D eigenvalue weighted by Gasteiger charge is 2.35. The lowest BCUT2D eigenvalue weighted by atomic mass is 9.90. The van der Waals surface area contributed by atoms with Gasteiger partial charge in [-0.05, 0) is 38.1 Å².